The van der Waals surface area contributed by atoms with Crippen molar-refractivity contribution >= 4 is 0 Å². The first-order chi connectivity index (χ1) is 8.69. The van der Waals surface area contributed by atoms with Crippen molar-refractivity contribution in [1.29, 1.82) is 0 Å². The van der Waals surface area contributed by atoms with Crippen LogP contribution in [-0.2, 0) is 0 Å². The van der Waals surface area contributed by atoms with Gasteiger partial charge < -0.3 is 10.2 Å². The molecule has 0 bridgehead atoms. The van der Waals surface area contributed by atoms with E-state index in [0.29, 0.717) is 6.04 Å². The van der Waals surface area contributed by atoms with Gasteiger partial charge in [0.15, 0.2) is 0 Å². The first-order valence-electron chi connectivity index (χ1n) is 6.80. The normalized spacial score (nSPS) is 17.1. The second-order valence-electron chi connectivity index (χ2n) is 5.39. The van der Waals surface area contributed by atoms with Gasteiger partial charge in [0.25, 0.3) is 0 Å². The van der Waals surface area contributed by atoms with Crippen LogP contribution in [-0.4, -0.2) is 32.1 Å². The molecule has 0 heterocycles. The fraction of sp³-hybridized carbons (Fsp3) is 0.600. The van der Waals surface area contributed by atoms with Gasteiger partial charge >= 0.3 is 0 Å². The summed E-state index contributed by atoms with van der Waals surface area (Å²) in [4.78, 5) is 2.41. The van der Waals surface area contributed by atoms with Crippen LogP contribution in [0.3, 0.4) is 0 Å². The summed E-state index contributed by atoms with van der Waals surface area (Å²) in [6, 6.07) is 7.13. The maximum atomic E-state index is 12.9. The number of rotatable bonds is 7. The number of hydrogen-bond acceptors (Lipinski definition) is 2. The van der Waals surface area contributed by atoms with Gasteiger partial charge in [-0.05, 0) is 63.5 Å². The minimum absolute atomic E-state index is 0.167. The zero-order valence-electron chi connectivity index (χ0n) is 11.3. The molecule has 1 aliphatic rings. The van der Waals surface area contributed by atoms with E-state index in [-0.39, 0.29) is 5.82 Å². The van der Waals surface area contributed by atoms with E-state index in [2.05, 4.69) is 17.3 Å². The fourth-order valence-corrected chi connectivity index (χ4v) is 2.35. The Morgan fingerprint density at radius 1 is 1.33 bits per heavy atom. The highest BCUT2D eigenvalue weighted by Gasteiger charge is 2.22. The van der Waals surface area contributed by atoms with E-state index in [4.69, 9.17) is 0 Å². The Kier molecular flexibility index (Phi) is 4.72. The monoisotopic (exact) mass is 250 g/mol. The second-order valence-corrected chi connectivity index (χ2v) is 5.39. The van der Waals surface area contributed by atoms with Gasteiger partial charge in [-0.2, -0.15) is 0 Å². The van der Waals surface area contributed by atoms with E-state index >= 15 is 0 Å². The largest absolute Gasteiger partial charge is 0.313 e. The number of nitrogens with one attached hydrogen (secondary N) is 1. The summed E-state index contributed by atoms with van der Waals surface area (Å²) in [6.45, 7) is 2.30. The quantitative estimate of drug-likeness (QED) is 0.800. The summed E-state index contributed by atoms with van der Waals surface area (Å²) in [6.07, 6.45) is 3.86. The van der Waals surface area contributed by atoms with Crippen molar-refractivity contribution in [2.24, 2.45) is 5.92 Å². The number of hydrogen-bond donors (Lipinski definition) is 1. The summed E-state index contributed by atoms with van der Waals surface area (Å²) < 4.78 is 12.9. The molecule has 0 aliphatic heterocycles. The summed E-state index contributed by atoms with van der Waals surface area (Å²) in [7, 11) is 4.16. The van der Waals surface area contributed by atoms with Gasteiger partial charge in [-0.1, -0.05) is 12.1 Å². The Balaban J connectivity index is 1.82. The van der Waals surface area contributed by atoms with Crippen molar-refractivity contribution in [1.82, 2.24) is 10.2 Å². The van der Waals surface area contributed by atoms with Gasteiger partial charge in [0.05, 0.1) is 0 Å². The molecule has 1 N–H and O–H groups in total. The third-order valence-corrected chi connectivity index (χ3v) is 3.69. The van der Waals surface area contributed by atoms with Crippen LogP contribution >= 0.6 is 0 Å². The third kappa shape index (κ3) is 4.07. The van der Waals surface area contributed by atoms with Crippen molar-refractivity contribution in [3.63, 3.8) is 0 Å². The SMILES string of the molecule is CNC(CCN(C)CC1CC1)c1ccc(F)cc1. The van der Waals surface area contributed by atoms with Crippen LogP contribution in [0.5, 0.6) is 0 Å². The summed E-state index contributed by atoms with van der Waals surface area (Å²) >= 11 is 0. The van der Waals surface area contributed by atoms with Crippen LogP contribution in [0.4, 0.5) is 4.39 Å². The van der Waals surface area contributed by atoms with E-state index < -0.39 is 0 Å². The first kappa shape index (κ1) is 13.5. The predicted octanol–water partition coefficient (Wildman–Crippen LogP) is 2.82. The molecule has 0 spiro atoms. The summed E-state index contributed by atoms with van der Waals surface area (Å²) in [5.41, 5.74) is 1.17. The standard InChI is InChI=1S/C15H23FN2/c1-17-15(13-5-7-14(16)8-6-13)9-10-18(2)11-12-3-4-12/h5-8,12,15,17H,3-4,9-11H2,1-2H3. The molecule has 0 radical (unpaired) electrons. The molecule has 1 fully saturated rings. The van der Waals surface area contributed by atoms with Gasteiger partial charge in [-0.15, -0.1) is 0 Å². The third-order valence-electron chi connectivity index (χ3n) is 3.69. The first-order valence-corrected chi connectivity index (χ1v) is 6.80. The molecule has 3 heteroatoms. The molecule has 2 nitrogen and oxygen atoms in total. The van der Waals surface area contributed by atoms with Gasteiger partial charge in [0, 0.05) is 12.6 Å². The van der Waals surface area contributed by atoms with Crippen molar-refractivity contribution in [3.05, 3.63) is 35.6 Å². The molecule has 1 aliphatic carbocycles. The maximum Gasteiger partial charge on any atom is 0.123 e. The van der Waals surface area contributed by atoms with Crippen LogP contribution in [0.2, 0.25) is 0 Å². The minimum atomic E-state index is -0.167. The number of nitrogens with zero attached hydrogens (tertiary/aromatic N) is 1. The van der Waals surface area contributed by atoms with Gasteiger partial charge in [0.2, 0.25) is 0 Å². The fourth-order valence-electron chi connectivity index (χ4n) is 2.35. The molecule has 1 saturated carbocycles. The molecule has 18 heavy (non-hydrogen) atoms. The van der Waals surface area contributed by atoms with Gasteiger partial charge in [-0.25, -0.2) is 4.39 Å². The highest BCUT2D eigenvalue weighted by Crippen LogP contribution is 2.29. The molecule has 0 aromatic heterocycles. The topological polar surface area (TPSA) is 15.3 Å². The molecule has 1 aromatic carbocycles. The Bertz CT molecular complexity index is 359. The molecule has 2 rings (SSSR count). The van der Waals surface area contributed by atoms with Gasteiger partial charge in [-0.3, -0.25) is 0 Å². The van der Waals surface area contributed by atoms with Crippen molar-refractivity contribution < 1.29 is 4.39 Å². The smallest absolute Gasteiger partial charge is 0.123 e. The lowest BCUT2D eigenvalue weighted by Crippen LogP contribution is -2.27. The zero-order valence-corrected chi connectivity index (χ0v) is 11.3. The number of benzene rings is 1. The highest BCUT2D eigenvalue weighted by atomic mass is 19.1. The van der Waals surface area contributed by atoms with E-state index in [0.717, 1.165) is 18.9 Å². The Morgan fingerprint density at radius 2 is 2.00 bits per heavy atom. The van der Waals surface area contributed by atoms with E-state index in [1.54, 1.807) is 0 Å². The highest BCUT2D eigenvalue weighted by molar-refractivity contribution is 5.19. The lowest BCUT2D eigenvalue weighted by Gasteiger charge is -2.21. The molecule has 1 atom stereocenters. The average molecular weight is 250 g/mol. The molecule has 1 unspecified atom stereocenters. The predicted molar refractivity (Wildman–Crippen MR) is 73.0 cm³/mol. The van der Waals surface area contributed by atoms with Crippen LogP contribution in [0, 0.1) is 11.7 Å². The average Bonchev–Trinajstić information content (AvgIpc) is 3.16. The van der Waals surface area contributed by atoms with E-state index in [9.17, 15) is 4.39 Å². The lowest BCUT2D eigenvalue weighted by atomic mass is 10.0. The molecule has 0 amide bonds. The Labute approximate surface area is 109 Å². The Hall–Kier alpha value is -0.930. The van der Waals surface area contributed by atoms with Crippen molar-refractivity contribution in [3.8, 4) is 0 Å². The van der Waals surface area contributed by atoms with Crippen LogP contribution in [0.1, 0.15) is 30.9 Å². The zero-order chi connectivity index (χ0) is 13.0. The van der Waals surface area contributed by atoms with E-state index in [1.807, 2.05) is 19.2 Å². The van der Waals surface area contributed by atoms with Crippen molar-refractivity contribution in [2.45, 2.75) is 25.3 Å². The number of halogens is 1. The summed E-state index contributed by atoms with van der Waals surface area (Å²) in [5, 5.41) is 3.31. The van der Waals surface area contributed by atoms with Gasteiger partial charge in [0.1, 0.15) is 5.82 Å². The second kappa shape index (κ2) is 6.30. The molecular weight excluding hydrogens is 227 g/mol. The van der Waals surface area contributed by atoms with E-state index in [1.165, 1.54) is 37.1 Å². The van der Waals surface area contributed by atoms with Crippen molar-refractivity contribution in [2.75, 3.05) is 27.2 Å². The minimum Gasteiger partial charge on any atom is -0.313 e. The van der Waals surface area contributed by atoms with Crippen LogP contribution in [0.15, 0.2) is 24.3 Å². The molecular formula is C15H23FN2. The Morgan fingerprint density at radius 3 is 2.56 bits per heavy atom. The van der Waals surface area contributed by atoms with Crippen LogP contribution < -0.4 is 5.32 Å². The molecule has 1 aromatic rings. The summed E-state index contributed by atoms with van der Waals surface area (Å²) in [5.74, 6) is 0.772. The lowest BCUT2D eigenvalue weighted by molar-refractivity contribution is 0.299. The molecule has 0 saturated heterocycles. The van der Waals surface area contributed by atoms with Crippen LogP contribution in [0.25, 0.3) is 0 Å². The molecule has 100 valence electrons. The maximum absolute atomic E-state index is 12.9.